The fourth-order valence-corrected chi connectivity index (χ4v) is 5.21. The maximum absolute atomic E-state index is 4.21. The van der Waals surface area contributed by atoms with Crippen molar-refractivity contribution < 1.29 is 0 Å². The Morgan fingerprint density at radius 3 is 2.61 bits per heavy atom. The maximum Gasteiger partial charge on any atom is 0.0173 e. The number of nitrogens with one attached hydrogen (secondary N) is 1. The average molecular weight is 314 g/mol. The van der Waals surface area contributed by atoms with E-state index >= 15 is 0 Å². The molecule has 1 nitrogen and oxygen atoms in total. The van der Waals surface area contributed by atoms with Crippen molar-refractivity contribution in [1.29, 1.82) is 0 Å². The molecule has 0 aromatic rings. The Balaban J connectivity index is 1.73. The molecule has 0 aromatic heterocycles. The third kappa shape index (κ3) is 3.50. The van der Waals surface area contributed by atoms with Gasteiger partial charge in [0, 0.05) is 12.1 Å². The van der Waals surface area contributed by atoms with Crippen LogP contribution in [0.4, 0.5) is 0 Å². The molecule has 0 radical (unpaired) electrons. The van der Waals surface area contributed by atoms with E-state index in [0.29, 0.717) is 16.9 Å². The molecule has 0 amide bonds. The lowest BCUT2D eigenvalue weighted by atomic mass is 9.61. The van der Waals surface area contributed by atoms with Crippen molar-refractivity contribution in [2.75, 3.05) is 6.54 Å². The van der Waals surface area contributed by atoms with Gasteiger partial charge in [-0.2, -0.15) is 0 Å². The molecule has 3 rings (SSSR count). The predicted molar refractivity (Wildman–Crippen MR) is 101 cm³/mol. The highest BCUT2D eigenvalue weighted by atomic mass is 15.0. The van der Waals surface area contributed by atoms with Gasteiger partial charge in [0.25, 0.3) is 0 Å². The van der Waals surface area contributed by atoms with E-state index in [1.165, 1.54) is 62.5 Å². The molecule has 23 heavy (non-hydrogen) atoms. The second-order valence-electron chi connectivity index (χ2n) is 9.11. The van der Waals surface area contributed by atoms with Crippen molar-refractivity contribution in [3.63, 3.8) is 0 Å². The van der Waals surface area contributed by atoms with Gasteiger partial charge in [-0.3, -0.25) is 0 Å². The largest absolute Gasteiger partial charge is 0.308 e. The van der Waals surface area contributed by atoms with Crippen LogP contribution in [0.15, 0.2) is 34.9 Å². The van der Waals surface area contributed by atoms with Crippen LogP contribution in [0.1, 0.15) is 79.1 Å². The van der Waals surface area contributed by atoms with Gasteiger partial charge in [-0.15, -0.1) is 0 Å². The molecule has 0 saturated heterocycles. The molecular weight excluding hydrogens is 278 g/mol. The first-order valence-corrected chi connectivity index (χ1v) is 9.61. The van der Waals surface area contributed by atoms with Gasteiger partial charge < -0.3 is 5.32 Å². The van der Waals surface area contributed by atoms with Crippen LogP contribution in [0.3, 0.4) is 0 Å². The van der Waals surface area contributed by atoms with Crippen LogP contribution >= 0.6 is 0 Å². The zero-order valence-corrected chi connectivity index (χ0v) is 15.7. The van der Waals surface area contributed by atoms with E-state index in [-0.39, 0.29) is 0 Å². The number of fused-ring (bicyclic) bond motifs is 1. The Labute approximate surface area is 143 Å². The van der Waals surface area contributed by atoms with Crippen molar-refractivity contribution in [3.8, 4) is 0 Å². The highest BCUT2D eigenvalue weighted by molar-refractivity contribution is 5.39. The molecular formula is C22H35N. The quantitative estimate of drug-likeness (QED) is 0.633. The summed E-state index contributed by atoms with van der Waals surface area (Å²) in [6, 6.07) is 0. The Kier molecular flexibility index (Phi) is 4.62. The highest BCUT2D eigenvalue weighted by Crippen LogP contribution is 2.51. The Hall–Kier alpha value is -0.820. The van der Waals surface area contributed by atoms with E-state index in [1.54, 1.807) is 11.1 Å². The summed E-state index contributed by atoms with van der Waals surface area (Å²) >= 11 is 0. The minimum Gasteiger partial charge on any atom is -0.308 e. The molecule has 1 heteroatoms. The van der Waals surface area contributed by atoms with Gasteiger partial charge in [-0.05, 0) is 70.6 Å². The Morgan fingerprint density at radius 2 is 1.96 bits per heavy atom. The van der Waals surface area contributed by atoms with E-state index < -0.39 is 0 Å². The lowest BCUT2D eigenvalue weighted by Gasteiger charge is -2.44. The minimum absolute atomic E-state index is 0.386. The SMILES string of the molecule is C=C(C)[C@@H]1CC[C@@]2(C)CC(CNC3(C)CCCC3)=CC(C)=C2C1. The van der Waals surface area contributed by atoms with Crippen molar-refractivity contribution in [3.05, 3.63) is 34.9 Å². The van der Waals surface area contributed by atoms with E-state index in [1.807, 2.05) is 0 Å². The second-order valence-corrected chi connectivity index (χ2v) is 9.11. The lowest BCUT2D eigenvalue weighted by molar-refractivity contribution is 0.255. The van der Waals surface area contributed by atoms with Crippen molar-refractivity contribution >= 4 is 0 Å². The topological polar surface area (TPSA) is 12.0 Å². The molecule has 3 aliphatic carbocycles. The third-order valence-electron chi connectivity index (χ3n) is 6.88. The van der Waals surface area contributed by atoms with E-state index in [2.05, 4.69) is 45.7 Å². The van der Waals surface area contributed by atoms with Crippen LogP contribution in [0.25, 0.3) is 0 Å². The van der Waals surface area contributed by atoms with Crippen LogP contribution in [0.5, 0.6) is 0 Å². The third-order valence-corrected chi connectivity index (χ3v) is 6.88. The van der Waals surface area contributed by atoms with Crippen molar-refractivity contribution in [2.45, 2.75) is 84.6 Å². The summed E-state index contributed by atoms with van der Waals surface area (Å²) in [5.41, 5.74) is 7.04. The first-order valence-electron chi connectivity index (χ1n) is 9.61. The lowest BCUT2D eigenvalue weighted by Crippen LogP contribution is -2.41. The van der Waals surface area contributed by atoms with E-state index in [9.17, 15) is 0 Å². The summed E-state index contributed by atoms with van der Waals surface area (Å²) < 4.78 is 0. The van der Waals surface area contributed by atoms with Gasteiger partial charge in [0.15, 0.2) is 0 Å². The van der Waals surface area contributed by atoms with Crippen molar-refractivity contribution in [1.82, 2.24) is 5.32 Å². The molecule has 0 aliphatic heterocycles. The highest BCUT2D eigenvalue weighted by Gasteiger charge is 2.39. The fourth-order valence-electron chi connectivity index (χ4n) is 5.21. The molecule has 0 unspecified atom stereocenters. The van der Waals surface area contributed by atoms with Crippen LogP contribution in [-0.4, -0.2) is 12.1 Å². The molecule has 0 heterocycles. The van der Waals surface area contributed by atoms with Crippen LogP contribution in [0.2, 0.25) is 0 Å². The van der Waals surface area contributed by atoms with Crippen LogP contribution in [-0.2, 0) is 0 Å². The Bertz CT molecular complexity index is 544. The summed E-state index contributed by atoms with van der Waals surface area (Å²) in [7, 11) is 0. The summed E-state index contributed by atoms with van der Waals surface area (Å²) in [6.45, 7) is 14.8. The molecule has 2 saturated carbocycles. The van der Waals surface area contributed by atoms with Gasteiger partial charge in [-0.25, -0.2) is 0 Å². The first-order chi connectivity index (χ1) is 10.8. The normalized spacial score (nSPS) is 33.4. The molecule has 3 aliphatic rings. The van der Waals surface area contributed by atoms with E-state index in [4.69, 9.17) is 0 Å². The standard InChI is InChI=1S/C22H35N/c1-16(2)19-8-11-21(4)14-18(12-17(3)20(21)13-19)15-23-22(5)9-6-7-10-22/h12,19,23H,1,6-11,13-15H2,2-5H3/t19-,21+/m1/s1. The van der Waals surface area contributed by atoms with Gasteiger partial charge in [0.2, 0.25) is 0 Å². The second kappa shape index (κ2) is 6.24. The average Bonchev–Trinajstić information content (AvgIpc) is 2.91. The van der Waals surface area contributed by atoms with Gasteiger partial charge in [0.05, 0.1) is 0 Å². The van der Waals surface area contributed by atoms with Crippen LogP contribution in [0, 0.1) is 11.3 Å². The van der Waals surface area contributed by atoms with Gasteiger partial charge in [-0.1, -0.05) is 54.7 Å². The van der Waals surface area contributed by atoms with Crippen molar-refractivity contribution in [2.24, 2.45) is 11.3 Å². The number of rotatable bonds is 4. The number of allylic oxidation sites excluding steroid dienone is 4. The summed E-state index contributed by atoms with van der Waals surface area (Å²) in [5.74, 6) is 0.707. The zero-order chi connectivity index (χ0) is 16.7. The maximum atomic E-state index is 4.21. The molecule has 128 valence electrons. The molecule has 0 aromatic carbocycles. The molecule has 0 bridgehead atoms. The summed E-state index contributed by atoms with van der Waals surface area (Å²) in [6.07, 6.45) is 13.1. The monoisotopic (exact) mass is 313 g/mol. The van der Waals surface area contributed by atoms with Gasteiger partial charge in [0.1, 0.15) is 0 Å². The molecule has 1 N–H and O–H groups in total. The fraction of sp³-hybridized carbons (Fsp3) is 0.727. The minimum atomic E-state index is 0.386. The predicted octanol–water partition coefficient (Wildman–Crippen LogP) is 5.94. The number of hydrogen-bond acceptors (Lipinski definition) is 1. The van der Waals surface area contributed by atoms with Gasteiger partial charge >= 0.3 is 0 Å². The summed E-state index contributed by atoms with van der Waals surface area (Å²) in [4.78, 5) is 0. The molecule has 2 atom stereocenters. The first kappa shape index (κ1) is 17.0. The smallest absolute Gasteiger partial charge is 0.0173 e. The van der Waals surface area contributed by atoms with Crippen LogP contribution < -0.4 is 5.32 Å². The molecule has 2 fully saturated rings. The zero-order valence-electron chi connectivity index (χ0n) is 15.7. The summed E-state index contributed by atoms with van der Waals surface area (Å²) in [5, 5.41) is 3.88. The Morgan fingerprint density at radius 1 is 1.26 bits per heavy atom. The number of hydrogen-bond donors (Lipinski definition) is 1. The molecule has 0 spiro atoms. The van der Waals surface area contributed by atoms with E-state index in [0.717, 1.165) is 6.54 Å².